The molecule has 476 valence electrons. The van der Waals surface area contributed by atoms with Crippen molar-refractivity contribution >= 4 is 48.0 Å². The number of rotatable bonds is 24. The van der Waals surface area contributed by atoms with Crippen LogP contribution in [0, 0.1) is 10.1 Å². The monoisotopic (exact) mass is 1200 g/mol. The molecule has 1 aromatic carbocycles. The minimum Gasteiger partial charge on any atom is -0.465 e. The van der Waals surface area contributed by atoms with Crippen LogP contribution < -0.4 is 26.6 Å². The second kappa shape index (κ2) is 31.4. The van der Waals surface area contributed by atoms with Crippen LogP contribution in [0.4, 0.5) is 29.7 Å². The lowest BCUT2D eigenvalue weighted by Gasteiger charge is -2.47. The van der Waals surface area contributed by atoms with Crippen molar-refractivity contribution in [2.45, 2.75) is 206 Å². The Morgan fingerprint density at radius 1 is 0.762 bits per heavy atom. The molecule has 0 saturated heterocycles. The van der Waals surface area contributed by atoms with E-state index in [4.69, 9.17) is 42.6 Å². The van der Waals surface area contributed by atoms with Gasteiger partial charge < -0.3 is 99.4 Å². The Balaban J connectivity index is 2.14. The van der Waals surface area contributed by atoms with Gasteiger partial charge >= 0.3 is 30.5 Å². The van der Waals surface area contributed by atoms with Gasteiger partial charge in [-0.2, -0.15) is 0 Å². The minimum absolute atomic E-state index is 0.0300. The van der Waals surface area contributed by atoms with Crippen LogP contribution in [0.5, 0.6) is 0 Å². The number of alkyl carbamates (subject to hydrolysis) is 3. The van der Waals surface area contributed by atoms with Crippen LogP contribution >= 0.6 is 0 Å². The molecular formula is C54H88N8O22. The van der Waals surface area contributed by atoms with E-state index in [0.29, 0.717) is 5.56 Å². The van der Waals surface area contributed by atoms with Gasteiger partial charge in [0, 0.05) is 32.8 Å². The highest BCUT2D eigenvalue weighted by molar-refractivity contribution is 5.82. The standard InChI is InChI=1S/C54H88N8O22/c1-30(61(15)50(73)84-54(11,12)13)39(66)45(76-25-24-63)80-41-35(58-43(68)37(64)22-23-55-47(70)81-51(2,3)4)26-36(59-48(71)82-52(5,6)7)42(40(41)67)79-44-34(57-38(65)28-60(14)49(72)83-53(8,9)10)21-20-33(78-44)27-56-46(69)77-29-31-16-18-32(19-17-31)62(74)75/h16-20,30,34-37,39-42,44-45,63-64,66-67H,21-29H2,1-15H3,(H,55,70)(H,56,69)(H,57,65)(H,58,68)(H,59,71)/t30-,34+,35+,36-,37-,39+,40+,41-,42+,44+,45+/m0/s1. The van der Waals surface area contributed by atoms with Crippen LogP contribution in [0.2, 0.25) is 0 Å². The molecule has 0 spiro atoms. The van der Waals surface area contributed by atoms with Gasteiger partial charge in [0.1, 0.15) is 71.8 Å². The number of amides is 7. The van der Waals surface area contributed by atoms with Gasteiger partial charge in [0.15, 0.2) is 6.29 Å². The number of aliphatic hydroxyl groups is 4. The number of nitro benzene ring substituents is 1. The molecule has 0 radical (unpaired) electrons. The highest BCUT2D eigenvalue weighted by Gasteiger charge is 2.51. The molecule has 1 saturated carbocycles. The van der Waals surface area contributed by atoms with E-state index in [1.165, 1.54) is 51.4 Å². The van der Waals surface area contributed by atoms with Gasteiger partial charge in [-0.05, 0) is 133 Å². The predicted molar refractivity (Wildman–Crippen MR) is 296 cm³/mol. The zero-order valence-corrected chi connectivity index (χ0v) is 50.6. The second-order valence-electron chi connectivity index (χ2n) is 24.1. The van der Waals surface area contributed by atoms with Gasteiger partial charge in [-0.25, -0.2) is 24.0 Å². The van der Waals surface area contributed by atoms with Crippen molar-refractivity contribution in [3.05, 3.63) is 51.8 Å². The lowest BCUT2D eigenvalue weighted by Crippen LogP contribution is -2.68. The van der Waals surface area contributed by atoms with Crippen molar-refractivity contribution in [3.8, 4) is 0 Å². The smallest absolute Gasteiger partial charge is 0.410 e. The topological polar surface area (TPSA) is 393 Å². The summed E-state index contributed by atoms with van der Waals surface area (Å²) in [5.41, 5.74) is -3.55. The van der Waals surface area contributed by atoms with Crippen LogP contribution in [0.1, 0.15) is 115 Å². The van der Waals surface area contributed by atoms with Crippen LogP contribution in [0.15, 0.2) is 36.1 Å². The number of nitrogens with zero attached hydrogens (tertiary/aromatic N) is 3. The molecule has 7 amide bonds. The number of nitrogens with one attached hydrogen (secondary N) is 5. The van der Waals surface area contributed by atoms with Crippen LogP contribution in [-0.4, -0.2) is 214 Å². The van der Waals surface area contributed by atoms with E-state index in [1.807, 2.05) is 0 Å². The largest absolute Gasteiger partial charge is 0.465 e. The first kappa shape index (κ1) is 71.4. The van der Waals surface area contributed by atoms with E-state index < -0.39 is 163 Å². The summed E-state index contributed by atoms with van der Waals surface area (Å²) < 4.78 is 52.1. The van der Waals surface area contributed by atoms with Crippen molar-refractivity contribution in [3.63, 3.8) is 0 Å². The molecule has 3 rings (SSSR count). The number of non-ortho nitro benzene ring substituents is 1. The Hall–Kier alpha value is -6.83. The zero-order chi connectivity index (χ0) is 63.7. The molecule has 1 aliphatic carbocycles. The van der Waals surface area contributed by atoms with Gasteiger partial charge in [-0.15, -0.1) is 0 Å². The summed E-state index contributed by atoms with van der Waals surface area (Å²) in [5.74, 6) is -1.77. The Morgan fingerprint density at radius 2 is 1.33 bits per heavy atom. The maximum Gasteiger partial charge on any atom is 0.410 e. The first-order chi connectivity index (χ1) is 38.8. The van der Waals surface area contributed by atoms with Gasteiger partial charge in [-0.3, -0.25) is 19.7 Å². The van der Waals surface area contributed by atoms with Crippen LogP contribution in [0.25, 0.3) is 0 Å². The normalized spacial score (nSPS) is 21.5. The van der Waals surface area contributed by atoms with E-state index >= 15 is 0 Å². The van der Waals surface area contributed by atoms with Crippen molar-refractivity contribution in [2.75, 3.05) is 46.9 Å². The quantitative estimate of drug-likeness (QED) is 0.0311. The summed E-state index contributed by atoms with van der Waals surface area (Å²) in [5, 5.41) is 69.9. The summed E-state index contributed by atoms with van der Waals surface area (Å²) in [6.45, 7) is 18.4. The number of ether oxygens (including phenoxy) is 9. The van der Waals surface area contributed by atoms with E-state index in [1.54, 1.807) is 83.1 Å². The Morgan fingerprint density at radius 3 is 1.90 bits per heavy atom. The Kier molecular flexibility index (Phi) is 26.7. The summed E-state index contributed by atoms with van der Waals surface area (Å²) in [6, 6.07) is 0.0657. The van der Waals surface area contributed by atoms with Gasteiger partial charge in [0.2, 0.25) is 18.1 Å². The highest BCUT2D eigenvalue weighted by Crippen LogP contribution is 2.32. The van der Waals surface area contributed by atoms with E-state index in [-0.39, 0.29) is 44.0 Å². The van der Waals surface area contributed by atoms with Gasteiger partial charge in [0.25, 0.3) is 5.69 Å². The second-order valence-corrected chi connectivity index (χ2v) is 24.1. The third-order valence-corrected chi connectivity index (χ3v) is 12.0. The summed E-state index contributed by atoms with van der Waals surface area (Å²) in [7, 11) is 2.66. The summed E-state index contributed by atoms with van der Waals surface area (Å²) in [6.07, 6.45) is -16.6. The molecule has 0 unspecified atom stereocenters. The molecule has 9 N–H and O–H groups in total. The maximum absolute atomic E-state index is 14.0. The highest BCUT2D eigenvalue weighted by atomic mass is 16.7. The van der Waals surface area contributed by atoms with Crippen molar-refractivity contribution in [2.24, 2.45) is 0 Å². The molecule has 11 atom stereocenters. The number of aliphatic hydroxyl groups excluding tert-OH is 4. The first-order valence-electron chi connectivity index (χ1n) is 27.3. The molecule has 30 nitrogen and oxygen atoms in total. The third-order valence-electron chi connectivity index (χ3n) is 12.0. The molecule has 1 fully saturated rings. The van der Waals surface area contributed by atoms with Crippen LogP contribution in [0.3, 0.4) is 0 Å². The fourth-order valence-electron chi connectivity index (χ4n) is 7.94. The zero-order valence-electron chi connectivity index (χ0n) is 50.6. The van der Waals surface area contributed by atoms with E-state index in [9.17, 15) is 64.1 Å². The lowest BCUT2D eigenvalue weighted by molar-refractivity contribution is -0.384. The molecule has 0 bridgehead atoms. The van der Waals surface area contributed by atoms with Crippen molar-refractivity contribution in [1.82, 2.24) is 36.4 Å². The average molecular weight is 1200 g/mol. The first-order valence-corrected chi connectivity index (χ1v) is 27.3. The average Bonchev–Trinajstić information content (AvgIpc) is 1.90. The van der Waals surface area contributed by atoms with Gasteiger partial charge in [0.05, 0.1) is 48.8 Å². The number of nitro groups is 1. The van der Waals surface area contributed by atoms with Crippen molar-refractivity contribution in [1.29, 1.82) is 0 Å². The molecule has 30 heteroatoms. The van der Waals surface area contributed by atoms with E-state index in [0.717, 1.165) is 9.80 Å². The lowest BCUT2D eigenvalue weighted by atomic mass is 9.83. The molecule has 1 aliphatic heterocycles. The minimum atomic E-state index is -2.05. The number of hydrogen-bond acceptors (Lipinski definition) is 22. The Labute approximate surface area is 488 Å². The molecule has 2 aliphatic rings. The summed E-state index contributed by atoms with van der Waals surface area (Å²) >= 11 is 0. The fraction of sp³-hybridized carbons (Fsp3) is 0.722. The van der Waals surface area contributed by atoms with Crippen LogP contribution in [-0.2, 0) is 58.8 Å². The molecule has 0 aromatic heterocycles. The third kappa shape index (κ3) is 25.2. The number of hydrogen-bond donors (Lipinski definition) is 9. The SMILES string of the molecule is C[C@@H]([C@@H](O)[C@H](OCCO)O[C@@H]1[C@@H](O)[C@H](O[C@H]2OC(CNC(=O)OCc3ccc([N+](=O)[O-])cc3)=CC[C@H]2NC(=O)CN(C)C(=O)OC(C)(C)C)[C@@H](NC(=O)OC(C)(C)C)C[C@H]1NC(=O)[C@@H](O)CCNC(=O)OC(C)(C)C)N(C)C(=O)OC(C)(C)C. The maximum atomic E-state index is 14.0. The molecule has 84 heavy (non-hydrogen) atoms. The number of carbonyl (C=O) groups is 7. The summed E-state index contributed by atoms with van der Waals surface area (Å²) in [4.78, 5) is 106. The van der Waals surface area contributed by atoms with Crippen molar-refractivity contribution < 1.29 is 102 Å². The number of benzene rings is 1. The van der Waals surface area contributed by atoms with E-state index in [2.05, 4.69) is 26.6 Å². The fourth-order valence-corrected chi connectivity index (χ4v) is 7.94. The predicted octanol–water partition coefficient (Wildman–Crippen LogP) is 2.94. The number of carbonyl (C=O) groups excluding carboxylic acids is 7. The molecular weight excluding hydrogens is 1110 g/mol. The molecule has 1 aromatic rings. The number of likely N-dealkylation sites (N-methyl/N-ethyl adjacent to an activating group) is 2. The van der Waals surface area contributed by atoms with Gasteiger partial charge in [-0.1, -0.05) is 0 Å². The molecule has 1 heterocycles. The Bertz CT molecular complexity index is 2400.